The second kappa shape index (κ2) is 35.2. The van der Waals surface area contributed by atoms with E-state index in [1.54, 1.807) is 44.3 Å². The van der Waals surface area contributed by atoms with E-state index in [4.69, 9.17) is 17.2 Å². The maximum atomic E-state index is 14.9. The number of hydrogen-bond donors (Lipinski definition) is 17. The number of primary amides is 1. The van der Waals surface area contributed by atoms with E-state index in [2.05, 4.69) is 73.1 Å². The highest BCUT2D eigenvalue weighted by molar-refractivity contribution is 6.00. The van der Waals surface area contributed by atoms with Gasteiger partial charge in [-0.05, 0) is 106 Å². The van der Waals surface area contributed by atoms with Crippen LogP contribution in [0.5, 0.6) is 5.75 Å². The van der Waals surface area contributed by atoms with Gasteiger partial charge in [-0.15, -0.1) is 0 Å². The number of aliphatic hydroxyl groups excluding tert-OH is 1. The number of aromatic nitrogens is 3. The topological polar surface area (TPSA) is 504 Å². The highest BCUT2D eigenvalue weighted by Gasteiger charge is 2.40. The van der Waals surface area contributed by atoms with E-state index in [0.717, 1.165) is 12.8 Å². The Kier molecular flexibility index (Phi) is 26.8. The largest absolute Gasteiger partial charge is 0.508 e. The molecule has 1 aliphatic carbocycles. The molecule has 20 N–H and O–H groups in total. The number of nitrogens with two attached hydrogens (primary N) is 3. The number of unbranched alkanes of at least 4 members (excludes halogenated alkanes) is 1. The first kappa shape index (κ1) is 72.3. The molecule has 0 bridgehead atoms. The molecule has 3 aliphatic rings. The maximum Gasteiger partial charge on any atom is 0.245 e. The average Bonchev–Trinajstić information content (AvgIpc) is 1.81. The molecule has 2 aromatic carbocycles. The van der Waals surface area contributed by atoms with E-state index in [9.17, 15) is 67.7 Å². The number of carbonyl (C=O) groups excluding carboxylic acids is 12. The van der Waals surface area contributed by atoms with Crippen LogP contribution in [-0.4, -0.2) is 194 Å². The van der Waals surface area contributed by atoms with E-state index in [1.807, 2.05) is 0 Å². The van der Waals surface area contributed by atoms with Crippen LogP contribution in [0.15, 0.2) is 72.2 Å². The number of phenols is 1. The van der Waals surface area contributed by atoms with Crippen LogP contribution in [0.2, 0.25) is 0 Å². The van der Waals surface area contributed by atoms with Gasteiger partial charge in [-0.3, -0.25) is 62.5 Å². The number of imidazole rings is 1. The van der Waals surface area contributed by atoms with Gasteiger partial charge >= 0.3 is 0 Å². The summed E-state index contributed by atoms with van der Waals surface area (Å²) in [5, 5.41) is 48.4. The van der Waals surface area contributed by atoms with Gasteiger partial charge in [-0.2, -0.15) is 0 Å². The standard InChI is InChI=1S/C63H88N18O14/c1-34(2)25-45(56(89)75-44(12-7-23-69-63(65)66)62(95)81-24-8-13-50(81)61(94)71-31-51(64)84)76-54(87)42(11-5-6-22-68-53(86)36-16-17-36)74-57(90)46(26-35-14-18-39(83)19-15-35)77-60(93)49(32-82)80-58(91)47(27-37-29-70-41-10-4-3-9-40(37)41)78-59(92)48(28-38-30-67-33-72-38)79-55(88)43-20-21-52(85)73-43/h3-4,9-10,14-15,18-19,29-30,33-34,36,42-50,70,82-83H,5-8,11-13,16-17,20-28,31-32H2,1-2H3,(H2,64,84)(H,67,72)(H,68,86)(H,71,94)(H,73,85)(H,74,90)(H,75,89)(H,76,87)(H,77,93)(H,78,92)(H,79,88)(H,80,91)(H4,65,66,69). The molecule has 7 rings (SSSR count). The molecule has 2 aliphatic heterocycles. The Hall–Kier alpha value is -10.1. The van der Waals surface area contributed by atoms with E-state index >= 15 is 0 Å². The number of hydrogen-bond acceptors (Lipinski definition) is 16. The number of H-pyrrole nitrogens is 2. The molecule has 0 radical (unpaired) electrons. The number of nitrogens with zero attached hydrogens (tertiary/aromatic N) is 3. The lowest BCUT2D eigenvalue weighted by Gasteiger charge is -2.30. The van der Waals surface area contributed by atoms with Gasteiger partial charge in [0.05, 0.1) is 19.5 Å². The van der Waals surface area contributed by atoms with Crippen LogP contribution in [-0.2, 0) is 76.8 Å². The molecule has 0 spiro atoms. The van der Waals surface area contributed by atoms with Crippen molar-refractivity contribution in [2.75, 3.05) is 32.8 Å². The lowest BCUT2D eigenvalue weighted by atomic mass is 10.00. The number of aliphatic imine (C=N–C) groups is 1. The highest BCUT2D eigenvalue weighted by atomic mass is 16.3. The number of likely N-dealkylation sites (tertiary alicyclic amines) is 1. The number of aromatic amines is 2. The summed E-state index contributed by atoms with van der Waals surface area (Å²) in [6, 6.07) is 0.621. The van der Waals surface area contributed by atoms with Crippen LogP contribution >= 0.6 is 0 Å². The first-order valence-corrected chi connectivity index (χ1v) is 32.0. The normalized spacial score (nSPS) is 17.3. The third kappa shape index (κ3) is 22.3. The van der Waals surface area contributed by atoms with Crippen molar-refractivity contribution in [1.82, 2.24) is 73.0 Å². The van der Waals surface area contributed by atoms with Crippen LogP contribution < -0.4 is 70.4 Å². The molecule has 2 aromatic heterocycles. The van der Waals surface area contributed by atoms with Crippen molar-refractivity contribution in [2.24, 2.45) is 34.0 Å². The molecule has 9 atom stereocenters. The summed E-state index contributed by atoms with van der Waals surface area (Å²) in [6.07, 6.45) is 7.06. The van der Waals surface area contributed by atoms with E-state index < -0.39 is 127 Å². The Morgan fingerprint density at radius 2 is 1.28 bits per heavy atom. The number of para-hydroxylation sites is 1. The number of rotatable bonds is 37. The molecular weight excluding hydrogens is 1230 g/mol. The Morgan fingerprint density at radius 3 is 1.93 bits per heavy atom. The Bertz CT molecular complexity index is 3390. The van der Waals surface area contributed by atoms with Crippen LogP contribution in [0.25, 0.3) is 10.9 Å². The van der Waals surface area contributed by atoms with Crippen LogP contribution in [0, 0.1) is 11.8 Å². The number of amides is 12. The number of aliphatic hydroxyl groups is 1. The summed E-state index contributed by atoms with van der Waals surface area (Å²) >= 11 is 0. The van der Waals surface area contributed by atoms with Gasteiger partial charge in [0.1, 0.15) is 60.1 Å². The zero-order valence-corrected chi connectivity index (χ0v) is 53.2. The number of guanidine groups is 1. The molecule has 4 aromatic rings. The van der Waals surface area contributed by atoms with Gasteiger partial charge in [-0.1, -0.05) is 44.2 Å². The number of carbonyl (C=O) groups is 12. The molecule has 9 unspecified atom stereocenters. The third-order valence-electron chi connectivity index (χ3n) is 16.5. The fourth-order valence-electron chi connectivity index (χ4n) is 11.2. The summed E-state index contributed by atoms with van der Waals surface area (Å²) in [6.45, 7) is 2.53. The lowest BCUT2D eigenvalue weighted by molar-refractivity contribution is -0.142. The molecule has 12 amide bonds. The zero-order chi connectivity index (χ0) is 68.7. The van der Waals surface area contributed by atoms with Gasteiger partial charge in [0.25, 0.3) is 0 Å². The molecule has 32 nitrogen and oxygen atoms in total. The van der Waals surface area contributed by atoms with Gasteiger partial charge in [-0.25, -0.2) is 4.98 Å². The second-order valence-corrected chi connectivity index (χ2v) is 24.5. The highest BCUT2D eigenvalue weighted by Crippen LogP contribution is 2.29. The lowest BCUT2D eigenvalue weighted by Crippen LogP contribution is -2.61. The minimum atomic E-state index is -1.80. The number of nitrogens with one attached hydrogen (secondary N) is 12. The van der Waals surface area contributed by atoms with Crippen molar-refractivity contribution in [2.45, 2.75) is 165 Å². The van der Waals surface area contributed by atoms with Gasteiger partial charge in [0.2, 0.25) is 70.9 Å². The quantitative estimate of drug-likeness (QED) is 0.0119. The minimum Gasteiger partial charge on any atom is -0.508 e. The SMILES string of the molecule is CC(C)CC(NC(=O)C(CCCCNC(=O)C1CC1)NC(=O)C(Cc1ccc(O)cc1)NC(=O)C(CO)NC(=O)C(Cc1c[nH]c2ccccc12)NC(=O)C(Cc1cnc[nH]1)NC(=O)C1CCC(=O)N1)C(=O)NC(CCCN=C(N)N)C(=O)N1CCCC1C(=O)NCC(N)=O. The third-order valence-corrected chi connectivity index (χ3v) is 16.5. The molecule has 1 saturated carbocycles. The van der Waals surface area contributed by atoms with Gasteiger partial charge < -0.3 is 95.4 Å². The molecule has 514 valence electrons. The fourth-order valence-corrected chi connectivity index (χ4v) is 11.2. The summed E-state index contributed by atoms with van der Waals surface area (Å²) in [4.78, 5) is 180. The maximum absolute atomic E-state index is 14.9. The van der Waals surface area contributed by atoms with Crippen molar-refractivity contribution in [3.8, 4) is 5.75 Å². The Labute approximate surface area is 547 Å². The molecule has 95 heavy (non-hydrogen) atoms. The van der Waals surface area contributed by atoms with Crippen molar-refractivity contribution in [1.29, 1.82) is 0 Å². The number of fused-ring (bicyclic) bond motifs is 1. The summed E-state index contributed by atoms with van der Waals surface area (Å²) in [5.41, 5.74) is 18.5. The predicted octanol–water partition coefficient (Wildman–Crippen LogP) is -3.32. The molecule has 2 saturated heterocycles. The molecule has 4 heterocycles. The summed E-state index contributed by atoms with van der Waals surface area (Å²) < 4.78 is 0. The van der Waals surface area contributed by atoms with Crippen molar-refractivity contribution < 1.29 is 67.7 Å². The summed E-state index contributed by atoms with van der Waals surface area (Å²) in [5.74, 6) is -9.26. The van der Waals surface area contributed by atoms with Crippen LogP contribution in [0.4, 0.5) is 0 Å². The fraction of sp³-hybridized carbons (Fsp3) is 0.524. The average molecular weight is 1320 g/mol. The van der Waals surface area contributed by atoms with Crippen molar-refractivity contribution in [3.05, 3.63) is 84.1 Å². The molecular formula is C63H88N18O14. The van der Waals surface area contributed by atoms with Crippen LogP contribution in [0.3, 0.4) is 0 Å². The first-order valence-electron chi connectivity index (χ1n) is 32.0. The zero-order valence-electron chi connectivity index (χ0n) is 53.2. The monoisotopic (exact) mass is 1320 g/mol. The van der Waals surface area contributed by atoms with E-state index in [-0.39, 0.29) is 126 Å². The number of benzene rings is 2. The Morgan fingerprint density at radius 1 is 0.663 bits per heavy atom. The van der Waals surface area contributed by atoms with Crippen molar-refractivity contribution in [3.63, 3.8) is 0 Å². The minimum absolute atomic E-state index is 0.0123. The molecule has 3 fully saturated rings. The summed E-state index contributed by atoms with van der Waals surface area (Å²) in [7, 11) is 0. The van der Waals surface area contributed by atoms with E-state index in [1.165, 1.54) is 41.7 Å². The number of phenolic OH excluding ortho intramolecular Hbond substituents is 1. The van der Waals surface area contributed by atoms with Gasteiger partial charge in [0, 0.05) is 80.2 Å². The smallest absolute Gasteiger partial charge is 0.245 e. The van der Waals surface area contributed by atoms with Crippen molar-refractivity contribution >= 4 is 87.7 Å². The van der Waals surface area contributed by atoms with E-state index in [0.29, 0.717) is 40.6 Å². The Balaban J connectivity index is 1.12. The predicted molar refractivity (Wildman–Crippen MR) is 344 cm³/mol. The van der Waals surface area contributed by atoms with Crippen LogP contribution in [0.1, 0.15) is 108 Å². The second-order valence-electron chi connectivity index (χ2n) is 24.5. The van der Waals surface area contributed by atoms with Gasteiger partial charge in [0.15, 0.2) is 5.96 Å². The first-order chi connectivity index (χ1) is 45.5. The molecule has 32 heteroatoms. The number of aromatic hydroxyl groups is 1.